The Balaban J connectivity index is 1.87. The molecule has 9 nitrogen and oxygen atoms in total. The third-order valence-corrected chi connectivity index (χ3v) is 5.15. The normalized spacial score (nSPS) is 14.5. The number of carbonyl (C=O) groups excluding carboxylic acids is 2. The van der Waals surface area contributed by atoms with Crippen LogP contribution < -0.4 is 5.32 Å². The molecule has 0 aliphatic carbocycles. The van der Waals surface area contributed by atoms with Crippen molar-refractivity contribution in [3.05, 3.63) is 33.9 Å². The first kappa shape index (κ1) is 22.1. The maximum Gasteiger partial charge on any atom is 0.316 e. The molecule has 1 aromatic carbocycles. The van der Waals surface area contributed by atoms with Gasteiger partial charge in [0.15, 0.2) is 0 Å². The summed E-state index contributed by atoms with van der Waals surface area (Å²) in [5.74, 6) is -0.821. The molecule has 10 heteroatoms. The van der Waals surface area contributed by atoms with Gasteiger partial charge in [-0.1, -0.05) is 0 Å². The number of carbonyl (C=O) groups is 2. The molecular weight excluding hydrogens is 386 g/mol. The van der Waals surface area contributed by atoms with E-state index in [0.717, 1.165) is 51.0 Å². The molecule has 0 bridgehead atoms. The van der Waals surface area contributed by atoms with Crippen molar-refractivity contribution in [3.63, 3.8) is 0 Å². The van der Waals surface area contributed by atoms with Gasteiger partial charge in [0.05, 0.1) is 35.4 Å². The highest BCUT2D eigenvalue weighted by atomic mass is 32.2. The number of ether oxygens (including phenoxy) is 2. The molecule has 2 rings (SSSR count). The number of nitrogens with zero attached hydrogens (tertiary/aromatic N) is 2. The van der Waals surface area contributed by atoms with Crippen LogP contribution in [-0.4, -0.2) is 73.5 Å². The topological polar surface area (TPSA) is 111 Å². The minimum absolute atomic E-state index is 0.0260. The van der Waals surface area contributed by atoms with Crippen LogP contribution in [0.4, 0.5) is 5.69 Å². The fourth-order valence-corrected chi connectivity index (χ4v) is 3.50. The number of rotatable bonds is 10. The summed E-state index contributed by atoms with van der Waals surface area (Å²) in [5.41, 5.74) is 0.0221. The summed E-state index contributed by atoms with van der Waals surface area (Å²) in [6.45, 7) is 6.56. The fourth-order valence-electron chi connectivity index (χ4n) is 2.69. The Kier molecular flexibility index (Phi) is 9.18. The number of hydrogen-bond donors (Lipinski definition) is 1. The van der Waals surface area contributed by atoms with Gasteiger partial charge in [-0.15, -0.1) is 11.8 Å². The molecule has 28 heavy (non-hydrogen) atoms. The Morgan fingerprint density at radius 3 is 2.79 bits per heavy atom. The summed E-state index contributed by atoms with van der Waals surface area (Å²) in [7, 11) is 0. The lowest BCUT2D eigenvalue weighted by Gasteiger charge is -2.26. The van der Waals surface area contributed by atoms with Crippen LogP contribution in [0.1, 0.15) is 23.7 Å². The number of esters is 1. The molecule has 0 unspecified atom stereocenters. The summed E-state index contributed by atoms with van der Waals surface area (Å²) in [4.78, 5) is 37.1. The second-order valence-corrected chi connectivity index (χ2v) is 7.11. The van der Waals surface area contributed by atoms with E-state index in [1.54, 1.807) is 6.92 Å². The summed E-state index contributed by atoms with van der Waals surface area (Å²) >= 11 is 1.02. The van der Waals surface area contributed by atoms with Gasteiger partial charge in [0, 0.05) is 31.3 Å². The minimum atomic E-state index is -0.553. The number of nitrogens with one attached hydrogen (secondary N) is 1. The maximum atomic E-state index is 12.3. The lowest BCUT2D eigenvalue weighted by atomic mass is 10.2. The quantitative estimate of drug-likeness (QED) is 0.204. The molecule has 1 aromatic rings. The van der Waals surface area contributed by atoms with Gasteiger partial charge in [-0.2, -0.15) is 0 Å². The standard InChI is InChI=1S/C18H25N3O6S/c1-2-27-17(22)13-28-16-5-4-14(12-15(16)21(24)25)18(23)19-6-3-7-20-8-10-26-11-9-20/h4-5,12H,2-3,6-11,13H2,1H3,(H,19,23). The van der Waals surface area contributed by atoms with Crippen molar-refractivity contribution in [2.75, 3.05) is 51.8 Å². The van der Waals surface area contributed by atoms with Crippen molar-refractivity contribution in [2.24, 2.45) is 0 Å². The van der Waals surface area contributed by atoms with Gasteiger partial charge in [-0.3, -0.25) is 24.6 Å². The van der Waals surface area contributed by atoms with Gasteiger partial charge in [-0.05, 0) is 32.0 Å². The van der Waals surface area contributed by atoms with Crippen molar-refractivity contribution in [2.45, 2.75) is 18.2 Å². The highest BCUT2D eigenvalue weighted by molar-refractivity contribution is 8.00. The number of nitro groups is 1. The number of nitro benzene ring substituents is 1. The van der Waals surface area contributed by atoms with Crippen LogP contribution in [0.15, 0.2) is 23.1 Å². The number of amides is 1. The van der Waals surface area contributed by atoms with E-state index < -0.39 is 10.9 Å². The monoisotopic (exact) mass is 411 g/mol. The summed E-state index contributed by atoms with van der Waals surface area (Å²) in [6, 6.07) is 4.26. The molecule has 1 aliphatic rings. The third-order valence-electron chi connectivity index (χ3n) is 4.11. The van der Waals surface area contributed by atoms with Crippen molar-refractivity contribution in [1.82, 2.24) is 10.2 Å². The van der Waals surface area contributed by atoms with Crippen LogP contribution in [-0.2, 0) is 14.3 Å². The predicted octanol–water partition coefficient (Wildman–Crippen LogP) is 1.70. The van der Waals surface area contributed by atoms with Crippen LogP contribution in [0.25, 0.3) is 0 Å². The number of thioether (sulfide) groups is 1. The second-order valence-electron chi connectivity index (χ2n) is 6.10. The van der Waals surface area contributed by atoms with Gasteiger partial charge in [0.25, 0.3) is 11.6 Å². The van der Waals surface area contributed by atoms with E-state index in [2.05, 4.69) is 10.2 Å². The molecule has 1 fully saturated rings. The van der Waals surface area contributed by atoms with Crippen LogP contribution >= 0.6 is 11.8 Å². The Morgan fingerprint density at radius 2 is 2.11 bits per heavy atom. The Hall–Kier alpha value is -2.17. The second kappa shape index (κ2) is 11.6. The van der Waals surface area contributed by atoms with Gasteiger partial charge >= 0.3 is 5.97 Å². The van der Waals surface area contributed by atoms with Gasteiger partial charge in [0.1, 0.15) is 0 Å². The van der Waals surface area contributed by atoms with E-state index in [1.807, 2.05) is 0 Å². The van der Waals surface area contributed by atoms with Crippen molar-refractivity contribution >= 4 is 29.3 Å². The summed E-state index contributed by atoms with van der Waals surface area (Å²) < 4.78 is 10.1. The summed E-state index contributed by atoms with van der Waals surface area (Å²) in [6.07, 6.45) is 0.793. The van der Waals surface area contributed by atoms with Crippen LogP contribution in [0.5, 0.6) is 0 Å². The molecule has 1 N–H and O–H groups in total. The molecular formula is C18H25N3O6S. The Morgan fingerprint density at radius 1 is 1.36 bits per heavy atom. The Labute approximate surface area is 167 Å². The number of benzene rings is 1. The largest absolute Gasteiger partial charge is 0.465 e. The third kappa shape index (κ3) is 7.10. The molecule has 154 valence electrons. The summed E-state index contributed by atoms with van der Waals surface area (Å²) in [5, 5.41) is 14.1. The van der Waals surface area contributed by atoms with Crippen LogP contribution in [0.3, 0.4) is 0 Å². The zero-order chi connectivity index (χ0) is 20.4. The van der Waals surface area contributed by atoms with Gasteiger partial charge in [0.2, 0.25) is 0 Å². The molecule has 0 spiro atoms. The first-order valence-electron chi connectivity index (χ1n) is 9.16. The van der Waals surface area contributed by atoms with Crippen LogP contribution in [0, 0.1) is 10.1 Å². The van der Waals surface area contributed by atoms with E-state index >= 15 is 0 Å². The molecule has 1 heterocycles. The van der Waals surface area contributed by atoms with Crippen LogP contribution in [0.2, 0.25) is 0 Å². The molecule has 1 aliphatic heterocycles. The van der Waals surface area contributed by atoms with Crippen molar-refractivity contribution in [3.8, 4) is 0 Å². The van der Waals surface area contributed by atoms with E-state index in [1.165, 1.54) is 18.2 Å². The van der Waals surface area contributed by atoms with E-state index in [4.69, 9.17) is 9.47 Å². The number of hydrogen-bond acceptors (Lipinski definition) is 8. The number of morpholine rings is 1. The molecule has 0 atom stereocenters. The SMILES string of the molecule is CCOC(=O)CSc1ccc(C(=O)NCCCN2CCOCC2)cc1[N+](=O)[O-]. The van der Waals surface area contributed by atoms with Gasteiger partial charge in [-0.25, -0.2) is 0 Å². The zero-order valence-electron chi connectivity index (χ0n) is 15.8. The molecule has 0 saturated carbocycles. The molecule has 0 radical (unpaired) electrons. The molecule has 1 amide bonds. The minimum Gasteiger partial charge on any atom is -0.465 e. The predicted molar refractivity (Wildman–Crippen MR) is 105 cm³/mol. The maximum absolute atomic E-state index is 12.3. The first-order valence-corrected chi connectivity index (χ1v) is 10.1. The van der Waals surface area contributed by atoms with E-state index in [9.17, 15) is 19.7 Å². The highest BCUT2D eigenvalue weighted by Crippen LogP contribution is 2.30. The van der Waals surface area contributed by atoms with E-state index in [0.29, 0.717) is 11.4 Å². The fraction of sp³-hybridized carbons (Fsp3) is 0.556. The van der Waals surface area contributed by atoms with Crippen molar-refractivity contribution in [1.29, 1.82) is 0 Å². The lowest BCUT2D eigenvalue weighted by Crippen LogP contribution is -2.38. The smallest absolute Gasteiger partial charge is 0.316 e. The highest BCUT2D eigenvalue weighted by Gasteiger charge is 2.19. The molecule has 0 aromatic heterocycles. The van der Waals surface area contributed by atoms with Crippen molar-refractivity contribution < 1.29 is 24.0 Å². The zero-order valence-corrected chi connectivity index (χ0v) is 16.7. The van der Waals surface area contributed by atoms with Gasteiger partial charge < -0.3 is 14.8 Å². The Bertz CT molecular complexity index is 694. The first-order chi connectivity index (χ1) is 13.5. The van der Waals surface area contributed by atoms with E-state index in [-0.39, 0.29) is 29.5 Å². The average molecular weight is 411 g/mol. The average Bonchev–Trinajstić information content (AvgIpc) is 2.70. The lowest BCUT2D eigenvalue weighted by molar-refractivity contribution is -0.387. The molecule has 1 saturated heterocycles.